The molecule has 3 nitrogen and oxygen atoms in total. The number of aliphatic hydroxyl groups excluding tert-OH is 1. The Morgan fingerprint density at radius 2 is 1.89 bits per heavy atom. The van der Waals surface area contributed by atoms with E-state index in [4.69, 9.17) is 4.74 Å². The van der Waals surface area contributed by atoms with E-state index in [1.807, 2.05) is 6.92 Å². The summed E-state index contributed by atoms with van der Waals surface area (Å²) in [5.41, 5.74) is 0.609. The first-order valence-corrected chi connectivity index (χ1v) is 6.74. The van der Waals surface area contributed by atoms with Crippen molar-refractivity contribution in [2.75, 3.05) is 19.8 Å². The molecule has 19 heavy (non-hydrogen) atoms. The lowest BCUT2D eigenvalue weighted by Gasteiger charge is -2.18. The molecular formula is C15H24FNO2. The monoisotopic (exact) mass is 269 g/mol. The van der Waals surface area contributed by atoms with Crippen LogP contribution in [0.3, 0.4) is 0 Å². The van der Waals surface area contributed by atoms with Gasteiger partial charge in [-0.05, 0) is 18.9 Å². The summed E-state index contributed by atoms with van der Waals surface area (Å²) >= 11 is 0. The lowest BCUT2D eigenvalue weighted by Crippen LogP contribution is -2.32. The number of aliphatic hydroxyl groups is 1. The minimum atomic E-state index is -0.576. The van der Waals surface area contributed by atoms with E-state index in [2.05, 4.69) is 19.2 Å². The zero-order valence-corrected chi connectivity index (χ0v) is 11.9. The number of ether oxygens (including phenoxy) is 1. The smallest absolute Gasteiger partial charge is 0.127 e. The van der Waals surface area contributed by atoms with Gasteiger partial charge in [-0.15, -0.1) is 0 Å². The van der Waals surface area contributed by atoms with Gasteiger partial charge in [0.2, 0.25) is 0 Å². The predicted octanol–water partition coefficient (Wildman–Crippen LogP) is 2.51. The SMILES string of the molecule is CC(C)COCC(O)CN[C@H](C)c1ccccc1F. The highest BCUT2D eigenvalue weighted by atomic mass is 19.1. The van der Waals surface area contributed by atoms with Crippen molar-refractivity contribution in [2.24, 2.45) is 5.92 Å². The number of nitrogens with one attached hydrogen (secondary N) is 1. The topological polar surface area (TPSA) is 41.5 Å². The molecule has 0 aliphatic carbocycles. The van der Waals surface area contributed by atoms with Crippen LogP contribution in [0, 0.1) is 11.7 Å². The molecule has 1 aromatic carbocycles. The molecule has 0 saturated heterocycles. The second-order valence-electron chi connectivity index (χ2n) is 5.24. The van der Waals surface area contributed by atoms with Crippen LogP contribution in [-0.2, 0) is 4.74 Å². The molecule has 108 valence electrons. The maximum atomic E-state index is 13.5. The van der Waals surface area contributed by atoms with Gasteiger partial charge in [-0.2, -0.15) is 0 Å². The molecular weight excluding hydrogens is 245 g/mol. The summed E-state index contributed by atoms with van der Waals surface area (Å²) in [5.74, 6) is 0.227. The van der Waals surface area contributed by atoms with E-state index < -0.39 is 6.10 Å². The van der Waals surface area contributed by atoms with E-state index >= 15 is 0 Å². The average Bonchev–Trinajstić information content (AvgIpc) is 2.36. The number of halogens is 1. The van der Waals surface area contributed by atoms with Gasteiger partial charge < -0.3 is 15.2 Å². The van der Waals surface area contributed by atoms with Crippen LogP contribution in [0.15, 0.2) is 24.3 Å². The summed E-state index contributed by atoms with van der Waals surface area (Å²) in [5, 5.41) is 12.9. The maximum absolute atomic E-state index is 13.5. The fraction of sp³-hybridized carbons (Fsp3) is 0.600. The zero-order valence-electron chi connectivity index (χ0n) is 11.9. The summed E-state index contributed by atoms with van der Waals surface area (Å²) in [6.07, 6.45) is -0.576. The third-order valence-electron chi connectivity index (χ3n) is 2.79. The first-order chi connectivity index (χ1) is 9.00. The Morgan fingerprint density at radius 3 is 2.53 bits per heavy atom. The molecule has 1 unspecified atom stereocenters. The summed E-state index contributed by atoms with van der Waals surface area (Å²) < 4.78 is 18.9. The molecule has 0 aliphatic rings. The highest BCUT2D eigenvalue weighted by Crippen LogP contribution is 2.15. The fourth-order valence-electron chi connectivity index (χ4n) is 1.75. The Morgan fingerprint density at radius 1 is 1.21 bits per heavy atom. The molecule has 0 fully saturated rings. The third kappa shape index (κ3) is 6.14. The van der Waals surface area contributed by atoms with Crippen LogP contribution >= 0.6 is 0 Å². The largest absolute Gasteiger partial charge is 0.389 e. The van der Waals surface area contributed by atoms with Crippen molar-refractivity contribution >= 4 is 0 Å². The summed E-state index contributed by atoms with van der Waals surface area (Å²) in [6.45, 7) is 7.32. The van der Waals surface area contributed by atoms with Crippen molar-refractivity contribution in [1.82, 2.24) is 5.32 Å². The second kappa shape index (κ2) is 8.25. The fourth-order valence-corrected chi connectivity index (χ4v) is 1.75. The Labute approximate surface area is 114 Å². The molecule has 1 aromatic rings. The Bertz CT molecular complexity index is 371. The van der Waals surface area contributed by atoms with Gasteiger partial charge in [-0.3, -0.25) is 0 Å². The van der Waals surface area contributed by atoms with E-state index in [9.17, 15) is 9.50 Å². The standard InChI is InChI=1S/C15H24FNO2/c1-11(2)9-19-10-13(18)8-17-12(3)14-6-4-5-7-15(14)16/h4-7,11-13,17-18H,8-10H2,1-3H3/t12-,13?/m1/s1. The van der Waals surface area contributed by atoms with Crippen molar-refractivity contribution in [3.8, 4) is 0 Å². The van der Waals surface area contributed by atoms with Crippen LogP contribution in [0.2, 0.25) is 0 Å². The molecule has 4 heteroatoms. The molecule has 0 heterocycles. The van der Waals surface area contributed by atoms with Crippen LogP contribution in [0.5, 0.6) is 0 Å². The van der Waals surface area contributed by atoms with Crippen LogP contribution in [0.25, 0.3) is 0 Å². The molecule has 0 bridgehead atoms. The van der Waals surface area contributed by atoms with Crippen molar-refractivity contribution in [2.45, 2.75) is 32.9 Å². The number of rotatable bonds is 8. The molecule has 0 aromatic heterocycles. The molecule has 1 rings (SSSR count). The van der Waals surface area contributed by atoms with Gasteiger partial charge in [-0.25, -0.2) is 4.39 Å². The van der Waals surface area contributed by atoms with E-state index in [1.54, 1.807) is 18.2 Å². The van der Waals surface area contributed by atoms with Crippen molar-refractivity contribution in [3.05, 3.63) is 35.6 Å². The molecule has 0 amide bonds. The van der Waals surface area contributed by atoms with Crippen LogP contribution < -0.4 is 5.32 Å². The molecule has 0 aliphatic heterocycles. The van der Waals surface area contributed by atoms with E-state index in [-0.39, 0.29) is 11.9 Å². The van der Waals surface area contributed by atoms with Crippen molar-refractivity contribution in [1.29, 1.82) is 0 Å². The maximum Gasteiger partial charge on any atom is 0.127 e. The number of benzene rings is 1. The molecule has 0 spiro atoms. The zero-order chi connectivity index (χ0) is 14.3. The minimum Gasteiger partial charge on any atom is -0.389 e. The van der Waals surface area contributed by atoms with Crippen LogP contribution in [-0.4, -0.2) is 31.0 Å². The minimum absolute atomic E-state index is 0.138. The lowest BCUT2D eigenvalue weighted by atomic mass is 10.1. The second-order valence-corrected chi connectivity index (χ2v) is 5.24. The quantitative estimate of drug-likeness (QED) is 0.762. The van der Waals surface area contributed by atoms with E-state index in [1.165, 1.54) is 6.07 Å². The number of hydrogen-bond acceptors (Lipinski definition) is 3. The van der Waals surface area contributed by atoms with Gasteiger partial charge in [0.05, 0.1) is 12.7 Å². The highest BCUT2D eigenvalue weighted by Gasteiger charge is 2.12. The predicted molar refractivity (Wildman–Crippen MR) is 74.5 cm³/mol. The van der Waals surface area contributed by atoms with Crippen molar-refractivity contribution in [3.63, 3.8) is 0 Å². The molecule has 0 saturated carbocycles. The Hall–Kier alpha value is -0.970. The first-order valence-electron chi connectivity index (χ1n) is 6.74. The van der Waals surface area contributed by atoms with Gasteiger partial charge in [0.25, 0.3) is 0 Å². The van der Waals surface area contributed by atoms with Gasteiger partial charge in [0.1, 0.15) is 5.82 Å². The van der Waals surface area contributed by atoms with Gasteiger partial charge in [0.15, 0.2) is 0 Å². The van der Waals surface area contributed by atoms with Crippen LogP contribution in [0.4, 0.5) is 4.39 Å². The molecule has 2 N–H and O–H groups in total. The van der Waals surface area contributed by atoms with Crippen LogP contribution in [0.1, 0.15) is 32.4 Å². The highest BCUT2D eigenvalue weighted by molar-refractivity contribution is 5.20. The summed E-state index contributed by atoms with van der Waals surface area (Å²) in [6, 6.07) is 6.52. The normalized spacial score (nSPS) is 14.6. The molecule has 0 radical (unpaired) electrons. The van der Waals surface area contributed by atoms with E-state index in [0.29, 0.717) is 31.2 Å². The summed E-state index contributed by atoms with van der Waals surface area (Å²) in [4.78, 5) is 0. The first kappa shape index (κ1) is 16.1. The summed E-state index contributed by atoms with van der Waals surface area (Å²) in [7, 11) is 0. The average molecular weight is 269 g/mol. The van der Waals surface area contributed by atoms with Crippen molar-refractivity contribution < 1.29 is 14.2 Å². The number of hydrogen-bond donors (Lipinski definition) is 2. The van der Waals surface area contributed by atoms with Gasteiger partial charge in [0, 0.05) is 24.8 Å². The van der Waals surface area contributed by atoms with Gasteiger partial charge >= 0.3 is 0 Å². The van der Waals surface area contributed by atoms with E-state index in [0.717, 1.165) is 0 Å². The Balaban J connectivity index is 2.30. The Kier molecular flexibility index (Phi) is 6.99. The lowest BCUT2D eigenvalue weighted by molar-refractivity contribution is 0.0251. The molecule has 2 atom stereocenters. The van der Waals surface area contributed by atoms with Gasteiger partial charge in [-0.1, -0.05) is 32.0 Å². The third-order valence-corrected chi connectivity index (χ3v) is 2.79.